The molecule has 1 saturated carbocycles. The highest BCUT2D eigenvalue weighted by molar-refractivity contribution is 5.51. The van der Waals surface area contributed by atoms with E-state index in [-0.39, 0.29) is 17.5 Å². The highest BCUT2D eigenvalue weighted by Crippen LogP contribution is 2.43. The van der Waals surface area contributed by atoms with Crippen LogP contribution in [-0.4, -0.2) is 15.3 Å². The first-order valence-corrected chi connectivity index (χ1v) is 4.60. The van der Waals surface area contributed by atoms with Crippen LogP contribution in [0.1, 0.15) is 24.4 Å². The molecule has 2 rings (SSSR count). The summed E-state index contributed by atoms with van der Waals surface area (Å²) >= 11 is 0. The molecule has 0 aliphatic heterocycles. The minimum Gasteiger partial charge on any atom is -0.504 e. The largest absolute Gasteiger partial charge is 0.504 e. The molecule has 1 fully saturated rings. The van der Waals surface area contributed by atoms with Gasteiger partial charge in [0.05, 0.1) is 0 Å². The fraction of sp³-hybridized carbons (Fsp3) is 0.400. The van der Waals surface area contributed by atoms with Crippen molar-refractivity contribution in [2.75, 3.05) is 0 Å². The van der Waals surface area contributed by atoms with Crippen LogP contribution in [0.15, 0.2) is 12.1 Å². The predicted molar refractivity (Wildman–Crippen MR) is 51.1 cm³/mol. The Labute approximate surface area is 81.6 Å². The van der Waals surface area contributed by atoms with Crippen LogP contribution in [0.4, 0.5) is 0 Å². The lowest BCUT2D eigenvalue weighted by Gasteiger charge is -2.12. The van der Waals surface area contributed by atoms with Gasteiger partial charge in [0.25, 0.3) is 0 Å². The molecule has 0 saturated heterocycles. The summed E-state index contributed by atoms with van der Waals surface area (Å²) in [5.74, 6) is -0.692. The van der Waals surface area contributed by atoms with Crippen molar-refractivity contribution in [2.45, 2.75) is 18.9 Å². The second kappa shape index (κ2) is 3.06. The van der Waals surface area contributed by atoms with Gasteiger partial charge in [0.2, 0.25) is 0 Å². The van der Waals surface area contributed by atoms with Crippen LogP contribution < -0.4 is 5.73 Å². The fourth-order valence-electron chi connectivity index (χ4n) is 1.55. The summed E-state index contributed by atoms with van der Waals surface area (Å²) in [7, 11) is 0. The molecule has 0 bridgehead atoms. The summed E-state index contributed by atoms with van der Waals surface area (Å²) < 4.78 is 0. The van der Waals surface area contributed by atoms with Crippen molar-refractivity contribution in [3.05, 3.63) is 17.7 Å². The summed E-state index contributed by atoms with van der Waals surface area (Å²) in [5, 5.41) is 27.7. The van der Waals surface area contributed by atoms with Crippen LogP contribution in [0.25, 0.3) is 0 Å². The lowest BCUT2D eigenvalue weighted by Crippen LogP contribution is -2.11. The van der Waals surface area contributed by atoms with E-state index in [0.29, 0.717) is 11.5 Å². The Morgan fingerprint density at radius 2 is 1.64 bits per heavy atom. The van der Waals surface area contributed by atoms with Gasteiger partial charge in [-0.2, -0.15) is 0 Å². The van der Waals surface area contributed by atoms with E-state index in [1.54, 1.807) is 0 Å². The molecule has 1 unspecified atom stereocenters. The quantitative estimate of drug-likeness (QED) is 0.534. The highest BCUT2D eigenvalue weighted by atomic mass is 16.3. The number of aromatic hydroxyl groups is 3. The number of phenols is 3. The molecule has 4 heteroatoms. The fourth-order valence-corrected chi connectivity index (χ4v) is 1.55. The summed E-state index contributed by atoms with van der Waals surface area (Å²) in [5.41, 5.74) is 6.55. The lowest BCUT2D eigenvalue weighted by molar-refractivity contribution is 0.366. The van der Waals surface area contributed by atoms with Gasteiger partial charge < -0.3 is 21.1 Å². The first-order chi connectivity index (χ1) is 6.59. The average Bonchev–Trinajstić information content (AvgIpc) is 2.95. The molecular weight excluding hydrogens is 182 g/mol. The Morgan fingerprint density at radius 3 is 2.07 bits per heavy atom. The number of benzene rings is 1. The minimum atomic E-state index is -0.489. The molecule has 0 heterocycles. The molecule has 4 nitrogen and oxygen atoms in total. The Bertz CT molecular complexity index is 337. The van der Waals surface area contributed by atoms with Crippen molar-refractivity contribution >= 4 is 0 Å². The minimum absolute atomic E-state index is 0.160. The van der Waals surface area contributed by atoms with Crippen molar-refractivity contribution in [3.63, 3.8) is 0 Å². The number of nitrogens with two attached hydrogens (primary N) is 1. The molecule has 1 aromatic rings. The van der Waals surface area contributed by atoms with Crippen molar-refractivity contribution in [2.24, 2.45) is 11.7 Å². The van der Waals surface area contributed by atoms with Gasteiger partial charge in [-0.05, 0) is 36.5 Å². The van der Waals surface area contributed by atoms with E-state index in [1.807, 2.05) is 0 Å². The highest BCUT2D eigenvalue weighted by Gasteiger charge is 2.30. The third kappa shape index (κ3) is 1.48. The van der Waals surface area contributed by atoms with Crippen molar-refractivity contribution in [1.82, 2.24) is 0 Å². The van der Waals surface area contributed by atoms with Crippen LogP contribution in [0, 0.1) is 5.92 Å². The molecule has 5 N–H and O–H groups in total. The van der Waals surface area contributed by atoms with Crippen molar-refractivity contribution in [3.8, 4) is 17.2 Å². The molecule has 0 amide bonds. The van der Waals surface area contributed by atoms with Crippen LogP contribution >= 0.6 is 0 Å². The zero-order valence-corrected chi connectivity index (χ0v) is 7.64. The van der Waals surface area contributed by atoms with Crippen LogP contribution in [0.3, 0.4) is 0 Å². The number of rotatable bonds is 2. The third-order valence-corrected chi connectivity index (χ3v) is 2.61. The molecule has 0 aromatic heterocycles. The second-order valence-corrected chi connectivity index (χ2v) is 3.77. The normalized spacial score (nSPS) is 18.1. The zero-order chi connectivity index (χ0) is 10.3. The summed E-state index contributed by atoms with van der Waals surface area (Å²) in [6, 6.07) is 2.64. The van der Waals surface area contributed by atoms with Gasteiger partial charge >= 0.3 is 0 Å². The topological polar surface area (TPSA) is 86.7 Å². The van der Waals surface area contributed by atoms with Gasteiger partial charge in [-0.15, -0.1) is 0 Å². The monoisotopic (exact) mass is 195 g/mol. The first kappa shape index (κ1) is 9.15. The Hall–Kier alpha value is -1.42. The summed E-state index contributed by atoms with van der Waals surface area (Å²) in [6.45, 7) is 0. The first-order valence-electron chi connectivity index (χ1n) is 4.60. The third-order valence-electron chi connectivity index (χ3n) is 2.61. The van der Waals surface area contributed by atoms with E-state index in [2.05, 4.69) is 0 Å². The van der Waals surface area contributed by atoms with E-state index >= 15 is 0 Å². The standard InChI is InChI=1S/C10H13NO3/c11-9(5-1-2-5)6-3-7(12)10(14)8(13)4-6/h3-5,9,12-14H,1-2,11H2. The van der Waals surface area contributed by atoms with E-state index in [0.717, 1.165) is 12.8 Å². The Kier molecular flexibility index (Phi) is 2.00. The number of hydrogen-bond acceptors (Lipinski definition) is 4. The van der Waals surface area contributed by atoms with Crippen LogP contribution in [-0.2, 0) is 0 Å². The zero-order valence-electron chi connectivity index (χ0n) is 7.64. The van der Waals surface area contributed by atoms with E-state index in [9.17, 15) is 10.2 Å². The molecule has 14 heavy (non-hydrogen) atoms. The van der Waals surface area contributed by atoms with Crippen LogP contribution in [0.5, 0.6) is 17.2 Å². The molecule has 76 valence electrons. The number of phenolic OH excluding ortho intramolecular Hbond substituents is 3. The van der Waals surface area contributed by atoms with E-state index in [1.165, 1.54) is 12.1 Å². The maximum absolute atomic E-state index is 9.27. The maximum atomic E-state index is 9.27. The van der Waals surface area contributed by atoms with Gasteiger partial charge in [0.15, 0.2) is 17.2 Å². The molecule has 1 aliphatic carbocycles. The van der Waals surface area contributed by atoms with Gasteiger partial charge in [0, 0.05) is 6.04 Å². The van der Waals surface area contributed by atoms with Gasteiger partial charge in [-0.1, -0.05) is 0 Å². The maximum Gasteiger partial charge on any atom is 0.200 e. The second-order valence-electron chi connectivity index (χ2n) is 3.77. The Balaban J connectivity index is 2.34. The van der Waals surface area contributed by atoms with Gasteiger partial charge in [0.1, 0.15) is 0 Å². The van der Waals surface area contributed by atoms with Gasteiger partial charge in [-0.3, -0.25) is 0 Å². The molecule has 1 aliphatic rings. The van der Waals surface area contributed by atoms with Crippen molar-refractivity contribution in [1.29, 1.82) is 0 Å². The average molecular weight is 195 g/mol. The molecule has 0 spiro atoms. The molecule has 1 aromatic carbocycles. The van der Waals surface area contributed by atoms with Crippen molar-refractivity contribution < 1.29 is 15.3 Å². The van der Waals surface area contributed by atoms with E-state index in [4.69, 9.17) is 10.8 Å². The Morgan fingerprint density at radius 1 is 1.14 bits per heavy atom. The summed E-state index contributed by atoms with van der Waals surface area (Å²) in [6.07, 6.45) is 2.17. The smallest absolute Gasteiger partial charge is 0.200 e. The van der Waals surface area contributed by atoms with E-state index < -0.39 is 5.75 Å². The summed E-state index contributed by atoms with van der Waals surface area (Å²) in [4.78, 5) is 0. The molecule has 1 atom stereocenters. The SMILES string of the molecule is NC(c1cc(O)c(O)c(O)c1)C1CC1. The van der Waals surface area contributed by atoms with Crippen LogP contribution in [0.2, 0.25) is 0 Å². The molecular formula is C10H13NO3. The molecule has 0 radical (unpaired) electrons. The lowest BCUT2D eigenvalue weighted by atomic mass is 10.0. The number of hydrogen-bond donors (Lipinski definition) is 4. The predicted octanol–water partition coefficient (Wildman–Crippen LogP) is 1.21. The van der Waals surface area contributed by atoms with Gasteiger partial charge in [-0.25, -0.2) is 0 Å².